The third-order valence-corrected chi connectivity index (χ3v) is 10.3. The van der Waals surface area contributed by atoms with Crippen molar-refractivity contribution in [2.75, 3.05) is 17.7 Å². The number of nitrogens with one attached hydrogen (secondary N) is 1. The minimum Gasteiger partial charge on any atom is -0.465 e. The van der Waals surface area contributed by atoms with Crippen LogP contribution in [-0.4, -0.2) is 34.6 Å². The van der Waals surface area contributed by atoms with E-state index in [1.54, 1.807) is 0 Å². The van der Waals surface area contributed by atoms with E-state index in [4.69, 9.17) is 15.0 Å². The van der Waals surface area contributed by atoms with Crippen molar-refractivity contribution in [1.82, 2.24) is 10.2 Å². The number of rotatable bonds is 17. The van der Waals surface area contributed by atoms with Crippen LogP contribution in [0.15, 0.2) is 132 Å². The lowest BCUT2D eigenvalue weighted by molar-refractivity contribution is -0.140. The van der Waals surface area contributed by atoms with Gasteiger partial charge in [0, 0.05) is 33.3 Å². The highest BCUT2D eigenvalue weighted by molar-refractivity contribution is 8.01. The van der Waals surface area contributed by atoms with Crippen LogP contribution in [-0.2, 0) is 9.53 Å². The van der Waals surface area contributed by atoms with Crippen molar-refractivity contribution in [1.29, 1.82) is 0 Å². The Bertz CT molecular complexity index is 2240. The number of hydrogen-bond acceptors (Lipinski definition) is 13. The molecule has 5 aromatic carbocycles. The molecule has 1 heterocycles. The van der Waals surface area contributed by atoms with E-state index in [1.807, 2.05) is 78.9 Å². The molecule has 0 aliphatic heterocycles. The van der Waals surface area contributed by atoms with Crippen LogP contribution >= 0.6 is 23.1 Å². The third-order valence-electron chi connectivity index (χ3n) is 8.40. The number of ether oxygens (including phenoxy) is 1. The summed E-state index contributed by atoms with van der Waals surface area (Å²) >= 11 is 2.55. The van der Waals surface area contributed by atoms with Crippen molar-refractivity contribution >= 4 is 89.9 Å². The number of hydrogen-bond donors (Lipinski definition) is 1. The molecule has 0 radical (unpaired) electrons. The Morgan fingerprint density at radius 2 is 1.26 bits per heavy atom. The van der Waals surface area contributed by atoms with Gasteiger partial charge in [0.25, 0.3) is 5.13 Å². The fourth-order valence-corrected chi connectivity index (χ4v) is 6.85. The minimum absolute atomic E-state index is 0.185. The zero-order valence-electron chi connectivity index (χ0n) is 30.0. The summed E-state index contributed by atoms with van der Waals surface area (Å²) in [4.78, 5) is 12.0. The normalized spacial score (nSPS) is 12.4. The van der Waals surface area contributed by atoms with Crippen molar-refractivity contribution in [3.05, 3.63) is 97.1 Å². The predicted molar refractivity (Wildman–Crippen MR) is 216 cm³/mol. The molecule has 1 unspecified atom stereocenters. The second-order valence-electron chi connectivity index (χ2n) is 12.3. The number of carbonyl (C=O) groups is 1. The van der Waals surface area contributed by atoms with Crippen LogP contribution in [0.25, 0.3) is 21.5 Å². The number of carbonyl (C=O) groups excluding carboxylic acids is 1. The summed E-state index contributed by atoms with van der Waals surface area (Å²) in [5.74, 6) is -0.0693. The van der Waals surface area contributed by atoms with E-state index in [-0.39, 0.29) is 11.7 Å². The van der Waals surface area contributed by atoms with Crippen LogP contribution < -0.4 is 5.32 Å². The molecule has 0 spiro atoms. The molecular weight excluding hydrogens is 703 g/mol. The summed E-state index contributed by atoms with van der Waals surface area (Å²) in [5.41, 5.74) is 4.67. The monoisotopic (exact) mass is 743 g/mol. The molecule has 0 fully saturated rings. The molecule has 0 saturated heterocycles. The molecule has 0 amide bonds. The standard InChI is InChI=1S/C40H41N9O2S2/c1-4-6-7-12-25-51-38(50)26-52-40-49-48-39(53-40)47-43-29-19-17-28(18-20-29)42-44-35-23-24-37(33-16-11-10-15-32(33)35)46-45-36-22-21-34(41-27(3)5-2)30-13-8-9-14-31(30)36/h8-11,13-24,27,41H,4-7,12,25-26H2,1-3H3. The van der Waals surface area contributed by atoms with Gasteiger partial charge in [0.05, 0.1) is 40.8 Å². The molecule has 0 aliphatic carbocycles. The first-order chi connectivity index (χ1) is 26.0. The first kappa shape index (κ1) is 37.4. The molecular formula is C40H41N9O2S2. The van der Waals surface area contributed by atoms with E-state index in [2.05, 4.69) is 74.9 Å². The fraction of sp³-hybridized carbons (Fsp3) is 0.275. The van der Waals surface area contributed by atoms with Gasteiger partial charge >= 0.3 is 5.97 Å². The Morgan fingerprint density at radius 3 is 1.89 bits per heavy atom. The van der Waals surface area contributed by atoms with Gasteiger partial charge in [-0.05, 0) is 68.3 Å². The van der Waals surface area contributed by atoms with E-state index < -0.39 is 0 Å². The molecule has 1 N–H and O–H groups in total. The molecule has 6 rings (SSSR count). The molecule has 6 aromatic rings. The summed E-state index contributed by atoms with van der Waals surface area (Å²) in [6.07, 6.45) is 5.30. The topological polar surface area (TPSA) is 138 Å². The van der Waals surface area contributed by atoms with Crippen molar-refractivity contribution in [3.8, 4) is 0 Å². The first-order valence-electron chi connectivity index (χ1n) is 17.8. The van der Waals surface area contributed by atoms with Crippen LogP contribution in [0.1, 0.15) is 52.9 Å². The van der Waals surface area contributed by atoms with Crippen LogP contribution in [0.4, 0.5) is 39.3 Å². The van der Waals surface area contributed by atoms with Crippen LogP contribution in [0.3, 0.4) is 0 Å². The number of esters is 1. The number of fused-ring (bicyclic) bond motifs is 2. The van der Waals surface area contributed by atoms with Gasteiger partial charge in [-0.2, -0.15) is 5.11 Å². The van der Waals surface area contributed by atoms with E-state index in [0.29, 0.717) is 33.5 Å². The van der Waals surface area contributed by atoms with Gasteiger partial charge in [0.1, 0.15) is 0 Å². The lowest BCUT2D eigenvalue weighted by Gasteiger charge is -2.15. The quantitative estimate of drug-likeness (QED) is 0.0427. The second-order valence-corrected chi connectivity index (χ2v) is 14.5. The van der Waals surface area contributed by atoms with Gasteiger partial charge in [0.15, 0.2) is 4.34 Å². The van der Waals surface area contributed by atoms with Crippen molar-refractivity contribution in [3.63, 3.8) is 0 Å². The fourth-order valence-electron chi connectivity index (χ4n) is 5.39. The maximum atomic E-state index is 12.0. The smallest absolute Gasteiger partial charge is 0.316 e. The van der Waals surface area contributed by atoms with Gasteiger partial charge in [-0.15, -0.1) is 35.8 Å². The molecule has 0 aliphatic rings. The number of aromatic nitrogens is 2. The summed E-state index contributed by atoms with van der Waals surface area (Å²) < 4.78 is 5.91. The summed E-state index contributed by atoms with van der Waals surface area (Å²) in [6.45, 7) is 6.96. The number of nitrogens with zero attached hydrogens (tertiary/aromatic N) is 8. The first-order valence-corrected chi connectivity index (χ1v) is 19.6. The van der Waals surface area contributed by atoms with Crippen LogP contribution in [0.5, 0.6) is 0 Å². The number of azo groups is 3. The van der Waals surface area contributed by atoms with E-state index in [1.165, 1.54) is 23.1 Å². The Hall–Kier alpha value is -5.40. The van der Waals surface area contributed by atoms with Crippen LogP contribution in [0.2, 0.25) is 0 Å². The van der Waals surface area contributed by atoms with Crippen molar-refractivity contribution in [2.24, 2.45) is 30.7 Å². The third kappa shape index (κ3) is 10.4. The van der Waals surface area contributed by atoms with Gasteiger partial charge in [-0.1, -0.05) is 105 Å². The predicted octanol–water partition coefficient (Wildman–Crippen LogP) is 13.5. The lowest BCUT2D eigenvalue weighted by Crippen LogP contribution is -2.13. The average molecular weight is 744 g/mol. The van der Waals surface area contributed by atoms with E-state index in [0.717, 1.165) is 76.4 Å². The molecule has 13 heteroatoms. The Balaban J connectivity index is 1.08. The lowest BCUT2D eigenvalue weighted by atomic mass is 10.1. The highest BCUT2D eigenvalue weighted by atomic mass is 32.2. The Morgan fingerprint density at radius 1 is 0.698 bits per heavy atom. The van der Waals surface area contributed by atoms with Crippen LogP contribution in [0, 0.1) is 0 Å². The average Bonchev–Trinajstić information content (AvgIpc) is 3.66. The number of unbranched alkanes of at least 4 members (excludes halogenated alkanes) is 3. The van der Waals surface area contributed by atoms with Gasteiger partial charge < -0.3 is 10.1 Å². The minimum atomic E-state index is -0.254. The molecule has 1 atom stereocenters. The SMILES string of the molecule is CCCCCCOC(=O)CSc1nnc(N=Nc2ccc(N=Nc3ccc(N=Nc4ccc(NC(C)CC)c5ccccc45)c4ccccc34)cc2)s1. The van der Waals surface area contributed by atoms with Gasteiger partial charge in [-0.25, -0.2) is 0 Å². The highest BCUT2D eigenvalue weighted by Gasteiger charge is 2.11. The largest absolute Gasteiger partial charge is 0.465 e. The van der Waals surface area contributed by atoms with Crippen molar-refractivity contribution < 1.29 is 9.53 Å². The summed E-state index contributed by atoms with van der Waals surface area (Å²) in [5, 5.41) is 43.1. The van der Waals surface area contributed by atoms with E-state index >= 15 is 0 Å². The molecule has 53 heavy (non-hydrogen) atoms. The molecule has 270 valence electrons. The van der Waals surface area contributed by atoms with Crippen molar-refractivity contribution in [2.45, 2.75) is 63.3 Å². The zero-order chi connectivity index (χ0) is 36.8. The molecule has 1 aromatic heterocycles. The highest BCUT2D eigenvalue weighted by Crippen LogP contribution is 2.37. The van der Waals surface area contributed by atoms with E-state index in [9.17, 15) is 4.79 Å². The summed E-state index contributed by atoms with van der Waals surface area (Å²) in [6, 6.07) is 31.8. The summed E-state index contributed by atoms with van der Waals surface area (Å²) in [7, 11) is 0. The maximum absolute atomic E-state index is 12.0. The molecule has 11 nitrogen and oxygen atoms in total. The Labute approximate surface area is 317 Å². The molecule has 0 saturated carbocycles. The number of anilines is 1. The van der Waals surface area contributed by atoms with Gasteiger partial charge in [-0.3, -0.25) is 4.79 Å². The second kappa shape index (κ2) is 18.9. The number of benzene rings is 5. The van der Waals surface area contributed by atoms with Gasteiger partial charge in [0.2, 0.25) is 0 Å². The zero-order valence-corrected chi connectivity index (χ0v) is 31.6. The Kier molecular flexibility index (Phi) is 13.3. The maximum Gasteiger partial charge on any atom is 0.316 e. The molecule has 0 bridgehead atoms. The number of thioether (sulfide) groups is 1.